The van der Waals surface area contributed by atoms with Gasteiger partial charge in [0.25, 0.3) is 0 Å². The van der Waals surface area contributed by atoms with E-state index in [1.807, 2.05) is 18.4 Å². The van der Waals surface area contributed by atoms with Crippen LogP contribution in [0.2, 0.25) is 0 Å². The number of thiophene rings is 1. The maximum Gasteiger partial charge on any atom is 0.242 e. The summed E-state index contributed by atoms with van der Waals surface area (Å²) in [5.74, 6) is -0.0229. The van der Waals surface area contributed by atoms with Gasteiger partial charge in [0, 0.05) is 24.4 Å². The highest BCUT2D eigenvalue weighted by molar-refractivity contribution is 7.10. The fourth-order valence-electron chi connectivity index (χ4n) is 3.84. The summed E-state index contributed by atoms with van der Waals surface area (Å²) < 4.78 is 19.8. The molecule has 0 radical (unpaired) electrons. The average Bonchev–Trinajstić information content (AvgIpc) is 3.26. The fraction of sp³-hybridized carbons (Fsp3) is 0.500. The third kappa shape index (κ3) is 5.64. The molecule has 0 unspecified atom stereocenters. The van der Waals surface area contributed by atoms with Gasteiger partial charge in [0.1, 0.15) is 6.61 Å². The van der Waals surface area contributed by atoms with Gasteiger partial charge in [-0.25, -0.2) is 4.39 Å². The van der Waals surface area contributed by atoms with Gasteiger partial charge < -0.3 is 14.5 Å². The molecule has 31 heavy (non-hydrogen) atoms. The van der Waals surface area contributed by atoms with Crippen molar-refractivity contribution in [2.45, 2.75) is 46.1 Å². The van der Waals surface area contributed by atoms with Gasteiger partial charge in [0.2, 0.25) is 11.8 Å². The number of benzene rings is 1. The number of fused-ring (bicyclic) bond motifs is 1. The molecule has 1 aromatic heterocycles. The van der Waals surface area contributed by atoms with Gasteiger partial charge in [-0.05, 0) is 41.5 Å². The fourth-order valence-corrected chi connectivity index (χ4v) is 4.77. The maximum absolute atomic E-state index is 14.0. The Morgan fingerprint density at radius 2 is 2.06 bits per heavy atom. The molecule has 7 heteroatoms. The second kappa shape index (κ2) is 10.8. The van der Waals surface area contributed by atoms with Crippen LogP contribution in [-0.2, 0) is 16.0 Å². The lowest BCUT2D eigenvalue weighted by Crippen LogP contribution is -2.48. The molecule has 2 heterocycles. The Kier molecular flexibility index (Phi) is 8.07. The summed E-state index contributed by atoms with van der Waals surface area (Å²) in [6.45, 7) is 7.36. The van der Waals surface area contributed by atoms with E-state index in [0.717, 1.165) is 18.4 Å². The van der Waals surface area contributed by atoms with E-state index in [1.54, 1.807) is 39.3 Å². The van der Waals surface area contributed by atoms with Gasteiger partial charge in [0.15, 0.2) is 11.6 Å². The summed E-state index contributed by atoms with van der Waals surface area (Å²) in [5, 5.41) is 2.02. The number of hydrogen-bond acceptors (Lipinski definition) is 4. The number of amides is 2. The van der Waals surface area contributed by atoms with Crippen LogP contribution < -0.4 is 4.74 Å². The first-order valence-electron chi connectivity index (χ1n) is 10.9. The minimum atomic E-state index is -0.421. The highest BCUT2D eigenvalue weighted by Gasteiger charge is 2.33. The Bertz CT molecular complexity index is 900. The highest BCUT2D eigenvalue weighted by Crippen LogP contribution is 2.34. The largest absolute Gasteiger partial charge is 0.488 e. The summed E-state index contributed by atoms with van der Waals surface area (Å²) >= 11 is 1.67. The Morgan fingerprint density at radius 3 is 2.77 bits per heavy atom. The average molecular weight is 447 g/mol. The van der Waals surface area contributed by atoms with E-state index in [2.05, 4.69) is 13.8 Å². The van der Waals surface area contributed by atoms with Crippen LogP contribution in [0.25, 0.3) is 0 Å². The van der Waals surface area contributed by atoms with E-state index in [1.165, 1.54) is 10.9 Å². The van der Waals surface area contributed by atoms with Crippen molar-refractivity contribution in [2.75, 3.05) is 26.2 Å². The number of halogens is 1. The van der Waals surface area contributed by atoms with Crippen molar-refractivity contribution in [3.8, 4) is 5.75 Å². The van der Waals surface area contributed by atoms with Crippen molar-refractivity contribution < 1.29 is 18.7 Å². The number of carbonyl (C=O) groups excluding carboxylic acids is 2. The van der Waals surface area contributed by atoms with Gasteiger partial charge in [-0.2, -0.15) is 0 Å². The van der Waals surface area contributed by atoms with Crippen LogP contribution in [0.4, 0.5) is 4.39 Å². The second-order valence-corrected chi connectivity index (χ2v) is 9.04. The van der Waals surface area contributed by atoms with Crippen LogP contribution in [0.3, 0.4) is 0 Å². The predicted octanol–water partition coefficient (Wildman–Crippen LogP) is 4.68. The Morgan fingerprint density at radius 1 is 1.29 bits per heavy atom. The smallest absolute Gasteiger partial charge is 0.242 e. The molecule has 0 saturated carbocycles. The molecular weight excluding hydrogens is 415 g/mol. The van der Waals surface area contributed by atoms with Crippen LogP contribution in [0, 0.1) is 11.7 Å². The highest BCUT2D eigenvalue weighted by atomic mass is 32.1. The number of hydrogen-bond donors (Lipinski definition) is 0. The SMILES string of the molecule is CCC(=O)N(CC(=O)N1CCc2sccc2[C@@H]1COc1ccccc1F)C[C@@H](C)CC. The minimum absolute atomic E-state index is 0.0129. The zero-order valence-corrected chi connectivity index (χ0v) is 19.3. The normalized spacial score (nSPS) is 16.5. The molecule has 3 rings (SSSR count). The van der Waals surface area contributed by atoms with Crippen molar-refractivity contribution in [3.63, 3.8) is 0 Å². The molecule has 1 aromatic carbocycles. The van der Waals surface area contributed by atoms with Crippen molar-refractivity contribution in [3.05, 3.63) is 52.0 Å². The van der Waals surface area contributed by atoms with E-state index in [9.17, 15) is 14.0 Å². The Labute approximate surface area is 187 Å². The van der Waals surface area contributed by atoms with Gasteiger partial charge in [-0.1, -0.05) is 39.3 Å². The first-order chi connectivity index (χ1) is 14.9. The van der Waals surface area contributed by atoms with Crippen molar-refractivity contribution >= 4 is 23.2 Å². The lowest BCUT2D eigenvalue weighted by atomic mass is 10.00. The van der Waals surface area contributed by atoms with Crippen molar-refractivity contribution in [1.29, 1.82) is 0 Å². The third-order valence-corrected chi connectivity index (χ3v) is 6.86. The molecule has 5 nitrogen and oxygen atoms in total. The molecule has 0 spiro atoms. The molecule has 0 aliphatic carbocycles. The first kappa shape index (κ1) is 23.3. The van der Waals surface area contributed by atoms with E-state index >= 15 is 0 Å². The van der Waals surface area contributed by atoms with Crippen LogP contribution in [0.15, 0.2) is 35.7 Å². The molecule has 2 amide bonds. The summed E-state index contributed by atoms with van der Waals surface area (Å²) in [4.78, 5) is 30.5. The molecule has 0 N–H and O–H groups in total. The van der Waals surface area contributed by atoms with Crippen LogP contribution >= 0.6 is 11.3 Å². The number of rotatable bonds is 9. The number of ether oxygens (including phenoxy) is 1. The second-order valence-electron chi connectivity index (χ2n) is 8.03. The van der Waals surface area contributed by atoms with Crippen molar-refractivity contribution in [2.24, 2.45) is 5.92 Å². The van der Waals surface area contributed by atoms with Gasteiger partial charge in [-0.3, -0.25) is 9.59 Å². The zero-order chi connectivity index (χ0) is 22.4. The Hall–Kier alpha value is -2.41. The van der Waals surface area contributed by atoms with Crippen LogP contribution in [-0.4, -0.2) is 47.9 Å². The molecule has 168 valence electrons. The van der Waals surface area contributed by atoms with Crippen LogP contribution in [0.5, 0.6) is 5.75 Å². The number of carbonyl (C=O) groups is 2. The van der Waals surface area contributed by atoms with Gasteiger partial charge in [0.05, 0.1) is 12.6 Å². The molecule has 0 bridgehead atoms. The third-order valence-electron chi connectivity index (χ3n) is 5.86. The number of para-hydroxylation sites is 1. The zero-order valence-electron chi connectivity index (χ0n) is 18.5. The molecule has 2 aromatic rings. The van der Waals surface area contributed by atoms with E-state index in [4.69, 9.17) is 4.74 Å². The van der Waals surface area contributed by atoms with Crippen molar-refractivity contribution in [1.82, 2.24) is 9.80 Å². The minimum Gasteiger partial charge on any atom is -0.488 e. The monoisotopic (exact) mass is 446 g/mol. The molecule has 0 saturated heterocycles. The Balaban J connectivity index is 1.77. The van der Waals surface area contributed by atoms with E-state index in [0.29, 0.717) is 25.4 Å². The maximum atomic E-state index is 14.0. The summed E-state index contributed by atoms with van der Waals surface area (Å²) in [7, 11) is 0. The summed E-state index contributed by atoms with van der Waals surface area (Å²) in [6, 6.07) is 8.01. The predicted molar refractivity (Wildman–Crippen MR) is 121 cm³/mol. The van der Waals surface area contributed by atoms with E-state index < -0.39 is 5.82 Å². The van der Waals surface area contributed by atoms with Crippen LogP contribution in [0.1, 0.15) is 50.1 Å². The standard InChI is InChI=1S/C24H31FN2O3S/c1-4-17(3)14-26(23(28)5-2)15-24(29)27-12-10-22-18(11-13-31-22)20(27)16-30-21-9-7-6-8-19(21)25/h6-9,11,13,17,20H,4-5,10,12,14-16H2,1-3H3/t17-,20-/m0/s1. The molecule has 1 aliphatic rings. The van der Waals surface area contributed by atoms with Gasteiger partial charge in [-0.15, -0.1) is 11.3 Å². The summed E-state index contributed by atoms with van der Waals surface area (Å²) in [6.07, 6.45) is 2.10. The topological polar surface area (TPSA) is 49.9 Å². The molecule has 0 fully saturated rings. The van der Waals surface area contributed by atoms with Gasteiger partial charge >= 0.3 is 0 Å². The summed E-state index contributed by atoms with van der Waals surface area (Å²) in [5.41, 5.74) is 1.05. The first-order valence-corrected chi connectivity index (χ1v) is 11.8. The van der Waals surface area contributed by atoms with E-state index in [-0.39, 0.29) is 36.8 Å². The molecular formula is C24H31FN2O3S. The molecule has 1 aliphatic heterocycles. The molecule has 2 atom stereocenters. The lowest BCUT2D eigenvalue weighted by molar-refractivity contribution is -0.143. The lowest BCUT2D eigenvalue weighted by Gasteiger charge is -2.37. The number of nitrogens with zero attached hydrogens (tertiary/aromatic N) is 2. The quantitative estimate of drug-likeness (QED) is 0.562.